The van der Waals surface area contributed by atoms with Crippen molar-refractivity contribution in [3.63, 3.8) is 0 Å². The van der Waals surface area contributed by atoms with Crippen molar-refractivity contribution in [2.45, 2.75) is 50.7 Å². The van der Waals surface area contributed by atoms with Crippen LogP contribution in [-0.4, -0.2) is 45.1 Å². The Labute approximate surface area is 221 Å². The first-order chi connectivity index (χ1) is 18.5. The third-order valence-corrected chi connectivity index (χ3v) is 6.99. The predicted octanol–water partition coefficient (Wildman–Crippen LogP) is 4.37. The van der Waals surface area contributed by atoms with Crippen LogP contribution >= 0.6 is 0 Å². The molecule has 5 rings (SSSR count). The topological polar surface area (TPSA) is 110 Å². The number of para-hydroxylation sites is 2. The largest absolute Gasteiger partial charge is 0.504 e. The number of anilines is 1. The number of ether oxygens (including phenoxy) is 1. The molecule has 0 spiro atoms. The third-order valence-electron chi connectivity index (χ3n) is 6.99. The summed E-state index contributed by atoms with van der Waals surface area (Å²) < 4.78 is 6.75. The van der Waals surface area contributed by atoms with Crippen LogP contribution in [0.1, 0.15) is 43.7 Å². The molecule has 1 fully saturated rings. The van der Waals surface area contributed by atoms with Gasteiger partial charge in [0, 0.05) is 11.7 Å². The maximum Gasteiger partial charge on any atom is 0.249 e. The van der Waals surface area contributed by atoms with E-state index in [9.17, 15) is 14.7 Å². The van der Waals surface area contributed by atoms with E-state index < -0.39 is 6.04 Å². The van der Waals surface area contributed by atoms with Crippen molar-refractivity contribution in [2.75, 3.05) is 12.0 Å². The number of hydrogen-bond donors (Lipinski definition) is 2. The van der Waals surface area contributed by atoms with Crippen molar-refractivity contribution < 1.29 is 19.4 Å². The Balaban J connectivity index is 1.56. The first-order valence-electron chi connectivity index (χ1n) is 12.9. The fourth-order valence-electron chi connectivity index (χ4n) is 5.09. The van der Waals surface area contributed by atoms with Gasteiger partial charge in [-0.15, -0.1) is 5.10 Å². The molecule has 9 nitrogen and oxygen atoms in total. The van der Waals surface area contributed by atoms with Crippen molar-refractivity contribution in [1.82, 2.24) is 20.3 Å². The zero-order chi connectivity index (χ0) is 26.5. The highest BCUT2D eigenvalue weighted by Crippen LogP contribution is 2.34. The lowest BCUT2D eigenvalue weighted by Crippen LogP contribution is -2.48. The van der Waals surface area contributed by atoms with Gasteiger partial charge in [-0.1, -0.05) is 60.9 Å². The highest BCUT2D eigenvalue weighted by molar-refractivity contribution is 6.01. The Morgan fingerprint density at radius 2 is 1.79 bits per heavy atom. The first-order valence-corrected chi connectivity index (χ1v) is 12.9. The molecule has 1 saturated carbocycles. The predicted molar refractivity (Wildman–Crippen MR) is 144 cm³/mol. The van der Waals surface area contributed by atoms with Crippen molar-refractivity contribution >= 4 is 28.5 Å². The van der Waals surface area contributed by atoms with Gasteiger partial charge in [0.25, 0.3) is 0 Å². The molecule has 1 aliphatic rings. The van der Waals surface area contributed by atoms with Crippen LogP contribution in [0.2, 0.25) is 0 Å². The molecular formula is C29H31N5O4. The van der Waals surface area contributed by atoms with E-state index in [4.69, 9.17) is 4.74 Å². The minimum absolute atomic E-state index is 0.0394. The van der Waals surface area contributed by atoms with Gasteiger partial charge < -0.3 is 15.2 Å². The Morgan fingerprint density at radius 1 is 1.05 bits per heavy atom. The van der Waals surface area contributed by atoms with Gasteiger partial charge in [-0.3, -0.25) is 14.5 Å². The molecule has 2 N–H and O–H groups in total. The highest BCUT2D eigenvalue weighted by atomic mass is 16.5. The smallest absolute Gasteiger partial charge is 0.249 e. The third kappa shape index (κ3) is 5.32. The van der Waals surface area contributed by atoms with Gasteiger partial charge >= 0.3 is 0 Å². The molecule has 3 aromatic carbocycles. The quantitative estimate of drug-likeness (QED) is 0.362. The molecule has 0 bridgehead atoms. The maximum atomic E-state index is 14.0. The van der Waals surface area contributed by atoms with Crippen LogP contribution < -0.4 is 15.0 Å². The SMILES string of the molecule is COc1ccc([C@@H](C(=O)NC2CCCCC2)N(C(=O)Cn2nnc3ccccc32)c2ccccc2)cc1O. The number of phenolic OH excluding ortho intramolecular Hbond substituents is 1. The summed E-state index contributed by atoms with van der Waals surface area (Å²) in [4.78, 5) is 29.5. The number of carbonyl (C=O) groups excluding carboxylic acids is 2. The van der Waals surface area contributed by atoms with Gasteiger partial charge in [0.1, 0.15) is 18.1 Å². The number of nitrogens with one attached hydrogen (secondary N) is 1. The van der Waals surface area contributed by atoms with Gasteiger partial charge in [-0.2, -0.15) is 0 Å². The number of nitrogens with zero attached hydrogens (tertiary/aromatic N) is 4. The molecule has 1 heterocycles. The van der Waals surface area contributed by atoms with Crippen LogP contribution in [0.5, 0.6) is 11.5 Å². The lowest BCUT2D eigenvalue weighted by molar-refractivity contribution is -0.127. The molecule has 0 radical (unpaired) electrons. The zero-order valence-electron chi connectivity index (χ0n) is 21.3. The number of hydrogen-bond acceptors (Lipinski definition) is 6. The minimum atomic E-state index is -1.03. The van der Waals surface area contributed by atoms with Crippen LogP contribution in [0.3, 0.4) is 0 Å². The fraction of sp³-hybridized carbons (Fsp3) is 0.310. The molecule has 2 amide bonds. The van der Waals surface area contributed by atoms with Gasteiger partial charge in [-0.05, 0) is 54.8 Å². The number of fused-ring (bicyclic) bond motifs is 1. The van der Waals surface area contributed by atoms with Gasteiger partial charge in [0.15, 0.2) is 11.5 Å². The first kappa shape index (κ1) is 25.3. The average molecular weight is 514 g/mol. The molecule has 1 aromatic heterocycles. The van der Waals surface area contributed by atoms with Crippen LogP contribution in [0, 0.1) is 0 Å². The summed E-state index contributed by atoms with van der Waals surface area (Å²) in [6.45, 7) is -0.120. The second-order valence-corrected chi connectivity index (χ2v) is 9.51. The van der Waals surface area contributed by atoms with Crippen molar-refractivity contribution in [3.05, 3.63) is 78.4 Å². The van der Waals surface area contributed by atoms with Crippen LogP contribution in [0.4, 0.5) is 5.69 Å². The van der Waals surface area contributed by atoms with E-state index in [1.54, 1.807) is 24.3 Å². The summed E-state index contributed by atoms with van der Waals surface area (Å²) in [5.41, 5.74) is 2.43. The van der Waals surface area contributed by atoms with E-state index in [-0.39, 0.29) is 35.9 Å². The fourth-order valence-corrected chi connectivity index (χ4v) is 5.09. The van der Waals surface area contributed by atoms with Crippen molar-refractivity contribution in [1.29, 1.82) is 0 Å². The van der Waals surface area contributed by atoms with E-state index in [0.29, 0.717) is 16.8 Å². The van der Waals surface area contributed by atoms with E-state index >= 15 is 0 Å². The minimum Gasteiger partial charge on any atom is -0.504 e. The summed E-state index contributed by atoms with van der Waals surface area (Å²) in [6.07, 6.45) is 5.06. The Hall–Kier alpha value is -4.40. The van der Waals surface area contributed by atoms with Crippen LogP contribution in [-0.2, 0) is 16.1 Å². The monoisotopic (exact) mass is 513 g/mol. The lowest BCUT2D eigenvalue weighted by atomic mass is 9.94. The second kappa shape index (κ2) is 11.3. The second-order valence-electron chi connectivity index (χ2n) is 9.51. The van der Waals surface area contributed by atoms with Gasteiger partial charge in [0.2, 0.25) is 11.8 Å². The van der Waals surface area contributed by atoms with E-state index in [1.165, 1.54) is 22.8 Å². The molecule has 0 aliphatic heterocycles. The highest BCUT2D eigenvalue weighted by Gasteiger charge is 2.35. The Morgan fingerprint density at radius 3 is 2.53 bits per heavy atom. The van der Waals surface area contributed by atoms with Gasteiger partial charge in [-0.25, -0.2) is 4.68 Å². The number of rotatable bonds is 8. The molecular weight excluding hydrogens is 482 g/mol. The summed E-state index contributed by atoms with van der Waals surface area (Å²) in [7, 11) is 1.46. The van der Waals surface area contributed by atoms with Crippen LogP contribution in [0.15, 0.2) is 72.8 Å². The van der Waals surface area contributed by atoms with E-state index in [1.807, 2.05) is 42.5 Å². The molecule has 1 aliphatic carbocycles. The standard InChI is InChI=1S/C29H31N5O4/c1-38-26-17-16-20(18-25(26)35)28(29(37)30-21-10-4-2-5-11-21)34(22-12-6-3-7-13-22)27(36)19-33-24-15-9-8-14-23(24)31-32-33/h3,6-9,12-18,21,28,35H,2,4-5,10-11,19H2,1H3,(H,30,37)/t28-/m0/s1. The number of aromatic hydroxyl groups is 1. The molecule has 4 aromatic rings. The van der Waals surface area contributed by atoms with Gasteiger partial charge in [0.05, 0.1) is 12.6 Å². The Kier molecular flexibility index (Phi) is 7.53. The maximum absolute atomic E-state index is 14.0. The number of benzene rings is 3. The zero-order valence-corrected chi connectivity index (χ0v) is 21.3. The number of aromatic nitrogens is 3. The molecule has 0 unspecified atom stereocenters. The molecule has 196 valence electrons. The number of amides is 2. The van der Waals surface area contributed by atoms with E-state index in [2.05, 4.69) is 15.6 Å². The number of phenols is 1. The normalized spacial score (nSPS) is 14.7. The lowest BCUT2D eigenvalue weighted by Gasteiger charge is -2.33. The molecule has 1 atom stereocenters. The number of methoxy groups -OCH3 is 1. The van der Waals surface area contributed by atoms with Crippen LogP contribution in [0.25, 0.3) is 11.0 Å². The Bertz CT molecular complexity index is 1420. The molecule has 9 heteroatoms. The van der Waals surface area contributed by atoms with Crippen molar-refractivity contribution in [2.24, 2.45) is 0 Å². The van der Waals surface area contributed by atoms with Crippen molar-refractivity contribution in [3.8, 4) is 11.5 Å². The summed E-state index contributed by atoms with van der Waals surface area (Å²) in [5, 5.41) is 22.1. The number of carbonyl (C=O) groups is 2. The summed E-state index contributed by atoms with van der Waals surface area (Å²) in [6, 6.07) is 20.3. The van der Waals surface area contributed by atoms with E-state index in [0.717, 1.165) is 37.6 Å². The summed E-state index contributed by atoms with van der Waals surface area (Å²) in [5.74, 6) is -0.469. The average Bonchev–Trinajstić information content (AvgIpc) is 3.35. The molecule has 38 heavy (non-hydrogen) atoms. The summed E-state index contributed by atoms with van der Waals surface area (Å²) >= 11 is 0. The molecule has 0 saturated heterocycles.